The third-order valence-electron chi connectivity index (χ3n) is 5.28. The van der Waals surface area contributed by atoms with Gasteiger partial charge in [0.15, 0.2) is 0 Å². The van der Waals surface area contributed by atoms with Crippen LogP contribution < -0.4 is 10.1 Å². The van der Waals surface area contributed by atoms with Crippen molar-refractivity contribution in [3.05, 3.63) is 94.5 Å². The van der Waals surface area contributed by atoms with E-state index in [1.165, 1.54) is 17.7 Å². The van der Waals surface area contributed by atoms with Crippen LogP contribution in [0.3, 0.4) is 0 Å². The first-order valence-corrected chi connectivity index (χ1v) is 11.5. The van der Waals surface area contributed by atoms with E-state index in [1.54, 1.807) is 18.2 Å². The summed E-state index contributed by atoms with van der Waals surface area (Å²) in [4.78, 5) is 12.6. The van der Waals surface area contributed by atoms with Crippen LogP contribution in [0.5, 0.6) is 0 Å². The van der Waals surface area contributed by atoms with Gasteiger partial charge in [-0.1, -0.05) is 48.0 Å². The number of fused-ring (bicyclic) bond motifs is 1. The van der Waals surface area contributed by atoms with Crippen LogP contribution in [0.25, 0.3) is 0 Å². The third kappa shape index (κ3) is 4.51. The molecule has 0 aromatic heterocycles. The zero-order valence-corrected chi connectivity index (χ0v) is 18.2. The Balaban J connectivity index is 1.52. The van der Waals surface area contributed by atoms with Crippen molar-refractivity contribution in [3.8, 4) is 0 Å². The number of carbonyl (C=O) groups is 1. The second kappa shape index (κ2) is 8.35. The van der Waals surface area contributed by atoms with Crippen LogP contribution in [0, 0.1) is 13.8 Å². The average molecular weight is 434 g/mol. The molecule has 158 valence electrons. The monoisotopic (exact) mass is 433 g/mol. The molecule has 0 aliphatic heterocycles. The Morgan fingerprint density at radius 3 is 2.55 bits per heavy atom. The molecule has 0 bridgehead atoms. The molecule has 0 atom stereocenters. The van der Waals surface area contributed by atoms with Crippen LogP contribution in [0.15, 0.2) is 76.7 Å². The van der Waals surface area contributed by atoms with Gasteiger partial charge in [-0.3, -0.25) is 9.52 Å². The molecule has 31 heavy (non-hydrogen) atoms. The number of aryl methyl sites for hydroxylation is 3. The van der Waals surface area contributed by atoms with Crippen LogP contribution in [-0.2, 0) is 16.4 Å². The molecule has 3 aromatic rings. The van der Waals surface area contributed by atoms with Crippen LogP contribution in [0.4, 0.5) is 5.69 Å². The number of benzene rings is 3. The van der Waals surface area contributed by atoms with Gasteiger partial charge in [-0.05, 0) is 62.1 Å². The number of amides is 1. The van der Waals surface area contributed by atoms with Gasteiger partial charge in [0.05, 0.1) is 16.3 Å². The number of nitrogens with zero attached hydrogens (tertiary/aromatic N) is 1. The summed E-state index contributed by atoms with van der Waals surface area (Å²) in [5, 5.41) is 4.27. The van der Waals surface area contributed by atoms with Crippen molar-refractivity contribution in [2.24, 2.45) is 5.10 Å². The SMILES string of the molecule is Cc1ccc(NS(=O)(=O)c2cccc(C(=O)N/N=C3\CCc4ccccc43)c2)c(C)c1. The van der Waals surface area contributed by atoms with Crippen LogP contribution in [0.2, 0.25) is 0 Å². The largest absolute Gasteiger partial charge is 0.279 e. The van der Waals surface area contributed by atoms with Crippen molar-refractivity contribution in [2.75, 3.05) is 4.72 Å². The topological polar surface area (TPSA) is 87.6 Å². The smallest absolute Gasteiger partial charge is 0.271 e. The molecule has 7 heteroatoms. The Morgan fingerprint density at radius 2 is 1.74 bits per heavy atom. The van der Waals surface area contributed by atoms with Gasteiger partial charge in [0.2, 0.25) is 0 Å². The minimum absolute atomic E-state index is 0.0130. The maximum Gasteiger partial charge on any atom is 0.271 e. The summed E-state index contributed by atoms with van der Waals surface area (Å²) in [7, 11) is -3.84. The van der Waals surface area contributed by atoms with Gasteiger partial charge >= 0.3 is 0 Å². The highest BCUT2D eigenvalue weighted by Crippen LogP contribution is 2.23. The standard InChI is InChI=1S/C24H23N3O3S/c1-16-10-12-22(17(2)14-16)27-31(29,30)20-8-5-7-19(15-20)24(28)26-25-23-13-11-18-6-3-4-9-21(18)23/h3-10,12,14-15,27H,11,13H2,1-2H3,(H,26,28)/b25-23+. The van der Waals surface area contributed by atoms with E-state index in [-0.39, 0.29) is 10.5 Å². The average Bonchev–Trinajstić information content (AvgIpc) is 3.17. The molecule has 2 N–H and O–H groups in total. The first-order chi connectivity index (χ1) is 14.8. The molecule has 0 radical (unpaired) electrons. The van der Waals surface area contributed by atoms with Crippen LogP contribution in [0.1, 0.15) is 39.0 Å². The fourth-order valence-electron chi connectivity index (χ4n) is 3.64. The van der Waals surface area contributed by atoms with Gasteiger partial charge in [-0.2, -0.15) is 5.10 Å². The van der Waals surface area contributed by atoms with E-state index in [9.17, 15) is 13.2 Å². The summed E-state index contributed by atoms with van der Waals surface area (Å²) < 4.78 is 28.3. The maximum absolute atomic E-state index is 12.8. The number of hydrazone groups is 1. The van der Waals surface area contributed by atoms with E-state index in [2.05, 4.69) is 21.3 Å². The van der Waals surface area contributed by atoms with E-state index < -0.39 is 15.9 Å². The Kier molecular flexibility index (Phi) is 5.61. The minimum Gasteiger partial charge on any atom is -0.279 e. The predicted octanol–water partition coefficient (Wildman–Crippen LogP) is 4.18. The minimum atomic E-state index is -3.84. The van der Waals surface area contributed by atoms with Gasteiger partial charge in [0, 0.05) is 11.1 Å². The fourth-order valence-corrected chi connectivity index (χ4v) is 4.82. The highest BCUT2D eigenvalue weighted by molar-refractivity contribution is 7.92. The molecule has 1 amide bonds. The number of hydrogen-bond donors (Lipinski definition) is 2. The molecule has 0 heterocycles. The van der Waals surface area contributed by atoms with Crippen molar-refractivity contribution in [2.45, 2.75) is 31.6 Å². The molecule has 0 saturated heterocycles. The number of anilines is 1. The highest BCUT2D eigenvalue weighted by Gasteiger charge is 2.19. The molecule has 0 saturated carbocycles. The van der Waals surface area contributed by atoms with E-state index in [4.69, 9.17) is 0 Å². The predicted molar refractivity (Wildman–Crippen MR) is 122 cm³/mol. The van der Waals surface area contributed by atoms with Crippen LogP contribution in [-0.4, -0.2) is 20.0 Å². The Hall–Kier alpha value is -3.45. The third-order valence-corrected chi connectivity index (χ3v) is 6.65. The van der Waals surface area contributed by atoms with E-state index >= 15 is 0 Å². The van der Waals surface area contributed by atoms with Crippen molar-refractivity contribution >= 4 is 27.3 Å². The molecule has 0 unspecified atom stereocenters. The highest BCUT2D eigenvalue weighted by atomic mass is 32.2. The molecule has 4 rings (SSSR count). The number of hydrogen-bond acceptors (Lipinski definition) is 4. The lowest BCUT2D eigenvalue weighted by atomic mass is 10.1. The van der Waals surface area contributed by atoms with E-state index in [0.717, 1.165) is 35.2 Å². The van der Waals surface area contributed by atoms with Gasteiger partial charge < -0.3 is 0 Å². The Morgan fingerprint density at radius 1 is 0.935 bits per heavy atom. The van der Waals surface area contributed by atoms with Gasteiger partial charge in [0.1, 0.15) is 0 Å². The summed E-state index contributed by atoms with van der Waals surface area (Å²) in [6.45, 7) is 3.79. The first-order valence-electron chi connectivity index (χ1n) is 9.99. The maximum atomic E-state index is 12.8. The van der Waals surface area contributed by atoms with Crippen molar-refractivity contribution in [1.82, 2.24) is 5.43 Å². The molecule has 0 fully saturated rings. The molecule has 6 nitrogen and oxygen atoms in total. The number of sulfonamides is 1. The second-order valence-corrected chi connectivity index (χ2v) is 9.29. The molecule has 1 aliphatic carbocycles. The van der Waals surface area contributed by atoms with Gasteiger partial charge in [-0.15, -0.1) is 0 Å². The number of nitrogens with one attached hydrogen (secondary N) is 2. The number of carbonyl (C=O) groups excluding carboxylic acids is 1. The zero-order valence-electron chi connectivity index (χ0n) is 17.3. The van der Waals surface area contributed by atoms with E-state index in [0.29, 0.717) is 5.69 Å². The molecule has 3 aromatic carbocycles. The van der Waals surface area contributed by atoms with Crippen LogP contribution >= 0.6 is 0 Å². The van der Waals surface area contributed by atoms with Gasteiger partial charge in [-0.25, -0.2) is 13.8 Å². The number of rotatable bonds is 5. The summed E-state index contributed by atoms with van der Waals surface area (Å²) in [5.41, 5.74) is 8.23. The first kappa shape index (κ1) is 20.8. The molecular weight excluding hydrogens is 410 g/mol. The lowest BCUT2D eigenvalue weighted by molar-refractivity contribution is 0.0954. The van der Waals surface area contributed by atoms with Crippen molar-refractivity contribution < 1.29 is 13.2 Å². The summed E-state index contributed by atoms with van der Waals surface area (Å²) >= 11 is 0. The molecule has 1 aliphatic rings. The molecule has 0 spiro atoms. The quantitative estimate of drug-likeness (QED) is 0.592. The normalized spacial score (nSPS) is 14.3. The lowest BCUT2D eigenvalue weighted by Gasteiger charge is -2.12. The second-order valence-electron chi connectivity index (χ2n) is 7.61. The van der Waals surface area contributed by atoms with E-state index in [1.807, 2.05) is 44.2 Å². The fraction of sp³-hybridized carbons (Fsp3) is 0.167. The summed E-state index contributed by atoms with van der Waals surface area (Å²) in [6, 6.07) is 19.4. The van der Waals surface area contributed by atoms with Gasteiger partial charge in [0.25, 0.3) is 15.9 Å². The summed E-state index contributed by atoms with van der Waals surface area (Å²) in [6.07, 6.45) is 1.65. The lowest BCUT2D eigenvalue weighted by Crippen LogP contribution is -2.20. The van der Waals surface area contributed by atoms with Crippen molar-refractivity contribution in [1.29, 1.82) is 0 Å². The zero-order chi connectivity index (χ0) is 22.0. The molecular formula is C24H23N3O3S. The Bertz CT molecular complexity index is 1300. The Labute approximate surface area is 182 Å². The van der Waals surface area contributed by atoms with Crippen molar-refractivity contribution in [3.63, 3.8) is 0 Å². The summed E-state index contributed by atoms with van der Waals surface area (Å²) in [5.74, 6) is -0.458.